The van der Waals surface area contributed by atoms with E-state index < -0.39 is 0 Å². The minimum Gasteiger partial charge on any atom is -0.337 e. The molecule has 1 aromatic carbocycles. The molecule has 2 saturated heterocycles. The highest BCUT2D eigenvalue weighted by molar-refractivity contribution is 5.94. The van der Waals surface area contributed by atoms with Crippen LogP contribution in [0.15, 0.2) is 24.3 Å². The summed E-state index contributed by atoms with van der Waals surface area (Å²) in [6, 6.07) is 8.32. The topological polar surface area (TPSA) is 72.5 Å². The molecule has 1 aromatic heterocycles. The van der Waals surface area contributed by atoms with Gasteiger partial charge in [-0.1, -0.05) is 31.2 Å². The van der Waals surface area contributed by atoms with Gasteiger partial charge in [-0.25, -0.2) is 0 Å². The lowest BCUT2D eigenvalue weighted by molar-refractivity contribution is -0.133. The second-order valence-electron chi connectivity index (χ2n) is 9.25. The molecule has 0 radical (unpaired) electrons. The normalized spacial score (nSPS) is 23.0. The number of likely N-dealkylation sites (tertiary alicyclic amines) is 2. The lowest BCUT2D eigenvalue weighted by Crippen LogP contribution is -2.41. The Hall–Kier alpha value is -2.67. The number of hydrogen-bond donors (Lipinski definition) is 1. The fourth-order valence-electron chi connectivity index (χ4n) is 5.28. The molecule has 0 aliphatic carbocycles. The van der Waals surface area contributed by atoms with Gasteiger partial charge in [0.25, 0.3) is 5.91 Å². The third kappa shape index (κ3) is 3.87. The molecule has 3 heterocycles. The highest BCUT2D eigenvalue weighted by atomic mass is 16.2. The predicted octanol–water partition coefficient (Wildman–Crippen LogP) is 2.42. The molecular weight excluding hydrogens is 390 g/mol. The summed E-state index contributed by atoms with van der Waals surface area (Å²) < 4.78 is 0. The van der Waals surface area contributed by atoms with Crippen molar-refractivity contribution in [2.45, 2.75) is 33.2 Å². The molecule has 166 valence electrons. The van der Waals surface area contributed by atoms with E-state index in [-0.39, 0.29) is 29.7 Å². The second kappa shape index (κ2) is 8.46. The number of rotatable bonds is 5. The van der Waals surface area contributed by atoms with Crippen molar-refractivity contribution in [3.05, 3.63) is 52.3 Å². The predicted molar refractivity (Wildman–Crippen MR) is 120 cm³/mol. The van der Waals surface area contributed by atoms with Crippen LogP contribution in [0, 0.1) is 25.7 Å². The molecule has 3 atom stereocenters. The van der Waals surface area contributed by atoms with E-state index in [1.54, 1.807) is 0 Å². The molecule has 2 aliphatic heterocycles. The largest absolute Gasteiger partial charge is 0.337 e. The number of aromatic nitrogens is 2. The summed E-state index contributed by atoms with van der Waals surface area (Å²) in [5.41, 5.74) is 4.88. The van der Waals surface area contributed by atoms with Crippen LogP contribution in [-0.4, -0.2) is 77.0 Å². The van der Waals surface area contributed by atoms with Crippen LogP contribution in [0.2, 0.25) is 0 Å². The number of H-pyrrole nitrogens is 1. The van der Waals surface area contributed by atoms with Crippen LogP contribution in [0.1, 0.15) is 45.8 Å². The van der Waals surface area contributed by atoms with Gasteiger partial charge < -0.3 is 14.7 Å². The summed E-state index contributed by atoms with van der Waals surface area (Å²) in [6.45, 7) is 8.55. The highest BCUT2D eigenvalue weighted by Gasteiger charge is 2.50. The van der Waals surface area contributed by atoms with Crippen molar-refractivity contribution < 1.29 is 9.59 Å². The summed E-state index contributed by atoms with van der Waals surface area (Å²) in [4.78, 5) is 32.3. The second-order valence-corrected chi connectivity index (χ2v) is 9.25. The number of amides is 2. The minimum atomic E-state index is -0.00227. The maximum atomic E-state index is 13.3. The molecule has 2 aliphatic rings. The van der Waals surface area contributed by atoms with Crippen LogP contribution in [0.25, 0.3) is 0 Å². The van der Waals surface area contributed by atoms with Gasteiger partial charge in [0.2, 0.25) is 5.91 Å². The number of hydrogen-bond acceptors (Lipinski definition) is 4. The maximum absolute atomic E-state index is 13.3. The van der Waals surface area contributed by atoms with Crippen molar-refractivity contribution in [1.82, 2.24) is 24.9 Å². The Bertz CT molecular complexity index is 982. The first-order valence-corrected chi connectivity index (χ1v) is 11.1. The minimum absolute atomic E-state index is 0.00227. The van der Waals surface area contributed by atoms with E-state index in [2.05, 4.69) is 41.1 Å². The SMILES string of the molecule is CCc1[nH]nc(C(=O)N2C[C@@H]3CN(C(=O)CN(C)C)[C@@H](c4ccccc4C)[C@@H]3C2)c1C. The average molecular weight is 424 g/mol. The Morgan fingerprint density at radius 3 is 2.55 bits per heavy atom. The first-order valence-electron chi connectivity index (χ1n) is 11.1. The van der Waals surface area contributed by atoms with Crippen LogP contribution in [0.5, 0.6) is 0 Å². The number of carbonyl (C=O) groups excluding carboxylic acids is 2. The van der Waals surface area contributed by atoms with Gasteiger partial charge in [-0.15, -0.1) is 0 Å². The first-order chi connectivity index (χ1) is 14.8. The van der Waals surface area contributed by atoms with Gasteiger partial charge in [0.05, 0.1) is 12.6 Å². The molecule has 7 nitrogen and oxygen atoms in total. The van der Waals surface area contributed by atoms with Crippen molar-refractivity contribution >= 4 is 11.8 Å². The zero-order chi connectivity index (χ0) is 22.3. The van der Waals surface area contributed by atoms with E-state index in [0.29, 0.717) is 31.9 Å². The van der Waals surface area contributed by atoms with E-state index in [0.717, 1.165) is 17.7 Å². The van der Waals surface area contributed by atoms with Gasteiger partial charge in [-0.2, -0.15) is 5.10 Å². The molecule has 2 amide bonds. The first kappa shape index (κ1) is 21.6. The molecule has 0 unspecified atom stereocenters. The number of fused-ring (bicyclic) bond motifs is 1. The number of carbonyl (C=O) groups is 2. The Balaban J connectivity index is 1.61. The van der Waals surface area contributed by atoms with Crippen LogP contribution in [-0.2, 0) is 11.2 Å². The van der Waals surface area contributed by atoms with Gasteiger partial charge in [0.1, 0.15) is 0 Å². The van der Waals surface area contributed by atoms with E-state index in [1.165, 1.54) is 11.1 Å². The van der Waals surface area contributed by atoms with Crippen LogP contribution >= 0.6 is 0 Å². The fraction of sp³-hybridized carbons (Fsp3) is 0.542. The number of nitrogens with zero attached hydrogens (tertiary/aromatic N) is 4. The third-order valence-electron chi connectivity index (χ3n) is 6.90. The molecule has 2 aromatic rings. The Labute approximate surface area is 184 Å². The molecule has 4 rings (SSSR count). The van der Waals surface area contributed by atoms with Crippen molar-refractivity contribution in [3.8, 4) is 0 Å². The smallest absolute Gasteiger partial charge is 0.274 e. The monoisotopic (exact) mass is 423 g/mol. The lowest BCUT2D eigenvalue weighted by atomic mass is 9.87. The Kier molecular flexibility index (Phi) is 5.88. The van der Waals surface area contributed by atoms with Crippen molar-refractivity contribution in [3.63, 3.8) is 0 Å². The van der Waals surface area contributed by atoms with E-state index in [4.69, 9.17) is 0 Å². The van der Waals surface area contributed by atoms with Crippen molar-refractivity contribution in [2.24, 2.45) is 11.8 Å². The highest BCUT2D eigenvalue weighted by Crippen LogP contribution is 2.46. The van der Waals surface area contributed by atoms with Crippen LogP contribution < -0.4 is 0 Å². The average Bonchev–Trinajstić information content (AvgIpc) is 3.39. The van der Waals surface area contributed by atoms with Crippen molar-refractivity contribution in [2.75, 3.05) is 40.3 Å². The van der Waals surface area contributed by atoms with Crippen LogP contribution in [0.3, 0.4) is 0 Å². The molecule has 31 heavy (non-hydrogen) atoms. The Morgan fingerprint density at radius 1 is 1.16 bits per heavy atom. The van der Waals surface area contributed by atoms with E-state index >= 15 is 0 Å². The van der Waals surface area contributed by atoms with Gasteiger partial charge in [0, 0.05) is 42.7 Å². The maximum Gasteiger partial charge on any atom is 0.274 e. The van der Waals surface area contributed by atoms with Gasteiger partial charge in [-0.3, -0.25) is 14.7 Å². The summed E-state index contributed by atoms with van der Waals surface area (Å²) in [5, 5.41) is 7.31. The quantitative estimate of drug-likeness (QED) is 0.802. The standard InChI is InChI=1S/C24H33N5O2/c1-6-20-16(3)22(26-25-20)24(31)28-11-17-12-29(21(30)14-27(4)5)23(19(17)13-28)18-10-8-7-9-15(18)2/h7-10,17,19,23H,6,11-14H2,1-5H3,(H,25,26)/t17-,19-,23+/m1/s1. The number of aryl methyl sites for hydroxylation is 2. The summed E-state index contributed by atoms with van der Waals surface area (Å²) in [7, 11) is 3.85. The zero-order valence-electron chi connectivity index (χ0n) is 19.2. The summed E-state index contributed by atoms with van der Waals surface area (Å²) in [5.74, 6) is 0.671. The van der Waals surface area contributed by atoms with E-state index in [9.17, 15) is 9.59 Å². The number of likely N-dealkylation sites (N-methyl/N-ethyl adjacent to an activating group) is 1. The van der Waals surface area contributed by atoms with Crippen molar-refractivity contribution in [1.29, 1.82) is 0 Å². The van der Waals surface area contributed by atoms with Gasteiger partial charge >= 0.3 is 0 Å². The number of benzene rings is 1. The summed E-state index contributed by atoms with van der Waals surface area (Å²) in [6.07, 6.45) is 0.829. The van der Waals surface area contributed by atoms with Crippen LogP contribution in [0.4, 0.5) is 0 Å². The fourth-order valence-corrected chi connectivity index (χ4v) is 5.28. The molecule has 2 fully saturated rings. The van der Waals surface area contributed by atoms with Gasteiger partial charge in [-0.05, 0) is 45.5 Å². The summed E-state index contributed by atoms with van der Waals surface area (Å²) >= 11 is 0. The molecule has 0 spiro atoms. The number of aromatic amines is 1. The Morgan fingerprint density at radius 2 is 1.90 bits per heavy atom. The van der Waals surface area contributed by atoms with Gasteiger partial charge in [0.15, 0.2) is 5.69 Å². The van der Waals surface area contributed by atoms with E-state index in [1.807, 2.05) is 43.0 Å². The molecule has 0 saturated carbocycles. The molecule has 1 N–H and O–H groups in total. The number of nitrogens with one attached hydrogen (secondary N) is 1. The molecule has 0 bridgehead atoms. The lowest BCUT2D eigenvalue weighted by Gasteiger charge is -2.31. The molecule has 7 heteroatoms. The third-order valence-corrected chi connectivity index (χ3v) is 6.90. The zero-order valence-corrected chi connectivity index (χ0v) is 19.2. The molecular formula is C24H33N5O2.